The van der Waals surface area contributed by atoms with Gasteiger partial charge in [-0.05, 0) is 55.3 Å². The molecule has 0 aliphatic heterocycles. The number of nitrogens with one attached hydrogen (secondary N) is 1. The van der Waals surface area contributed by atoms with Crippen molar-refractivity contribution in [3.8, 4) is 0 Å². The number of rotatable bonds is 4. The number of hydrogen-bond acceptors (Lipinski definition) is 6. The highest BCUT2D eigenvalue weighted by molar-refractivity contribution is 5.98. The Balaban J connectivity index is 1.69. The number of carbonyl (C=O) groups is 1. The number of amides is 1. The van der Waals surface area contributed by atoms with E-state index in [4.69, 9.17) is 0 Å². The van der Waals surface area contributed by atoms with Crippen LogP contribution in [0.15, 0.2) is 35.6 Å². The molecular weight excluding hydrogens is 358 g/mol. The zero-order chi connectivity index (χ0) is 19.7. The number of aromatic nitrogens is 6. The zero-order valence-corrected chi connectivity index (χ0v) is 16.0. The molecule has 1 aromatic carbocycles. The van der Waals surface area contributed by atoms with Crippen LogP contribution in [-0.2, 0) is 10.3 Å². The average molecular weight is 381 g/mol. The van der Waals surface area contributed by atoms with Gasteiger partial charge in [0.25, 0.3) is 11.5 Å². The molecule has 1 aliphatic carbocycles. The van der Waals surface area contributed by atoms with E-state index in [-0.39, 0.29) is 17.5 Å². The maximum atomic E-state index is 13.3. The SMILES string of the molecule is CC(C)n1cnc2ccc(NC(=O)C3(n4cnnn4)CCCCC3)cc2c1=O. The highest BCUT2D eigenvalue weighted by atomic mass is 16.2. The maximum absolute atomic E-state index is 13.3. The van der Waals surface area contributed by atoms with Gasteiger partial charge in [0.1, 0.15) is 11.9 Å². The fraction of sp³-hybridized carbons (Fsp3) is 0.474. The van der Waals surface area contributed by atoms with E-state index in [2.05, 4.69) is 25.8 Å². The van der Waals surface area contributed by atoms with Gasteiger partial charge < -0.3 is 5.32 Å². The number of hydrogen-bond donors (Lipinski definition) is 1. The van der Waals surface area contributed by atoms with Gasteiger partial charge in [0.15, 0.2) is 0 Å². The summed E-state index contributed by atoms with van der Waals surface area (Å²) in [6.45, 7) is 3.86. The van der Waals surface area contributed by atoms with E-state index in [0.29, 0.717) is 29.4 Å². The van der Waals surface area contributed by atoms with Crippen molar-refractivity contribution in [2.45, 2.75) is 57.5 Å². The zero-order valence-electron chi connectivity index (χ0n) is 16.0. The number of tetrazole rings is 1. The summed E-state index contributed by atoms with van der Waals surface area (Å²) in [4.78, 5) is 30.3. The molecule has 9 nitrogen and oxygen atoms in total. The first-order valence-corrected chi connectivity index (χ1v) is 9.57. The number of carbonyl (C=O) groups excluding carboxylic acids is 1. The molecule has 1 N–H and O–H groups in total. The molecule has 0 bridgehead atoms. The Morgan fingerprint density at radius 2 is 1.96 bits per heavy atom. The van der Waals surface area contributed by atoms with E-state index >= 15 is 0 Å². The van der Waals surface area contributed by atoms with Crippen LogP contribution in [0.4, 0.5) is 5.69 Å². The van der Waals surface area contributed by atoms with Gasteiger partial charge in [-0.15, -0.1) is 5.10 Å². The Labute approximate surface area is 161 Å². The minimum absolute atomic E-state index is 0.00738. The Hall–Kier alpha value is -3.10. The third-order valence-corrected chi connectivity index (χ3v) is 5.49. The minimum Gasteiger partial charge on any atom is -0.324 e. The number of anilines is 1. The van der Waals surface area contributed by atoms with Crippen LogP contribution < -0.4 is 10.9 Å². The fourth-order valence-electron chi connectivity index (χ4n) is 3.88. The molecule has 9 heteroatoms. The van der Waals surface area contributed by atoms with Crippen LogP contribution in [0.2, 0.25) is 0 Å². The van der Waals surface area contributed by atoms with Gasteiger partial charge in [0.2, 0.25) is 0 Å². The molecule has 0 unspecified atom stereocenters. The molecule has 1 saturated carbocycles. The Kier molecular flexibility index (Phi) is 4.66. The van der Waals surface area contributed by atoms with Crippen LogP contribution in [0.25, 0.3) is 10.9 Å². The normalized spacial score (nSPS) is 16.4. The summed E-state index contributed by atoms with van der Waals surface area (Å²) in [5.74, 6) is -0.160. The molecule has 2 aromatic heterocycles. The first kappa shape index (κ1) is 18.3. The molecule has 1 aliphatic rings. The predicted octanol–water partition coefficient (Wildman–Crippen LogP) is 2.26. The molecule has 2 heterocycles. The molecule has 0 radical (unpaired) electrons. The lowest BCUT2D eigenvalue weighted by Gasteiger charge is -2.35. The molecule has 28 heavy (non-hydrogen) atoms. The fourth-order valence-corrected chi connectivity index (χ4v) is 3.88. The molecular formula is C19H23N7O2. The third kappa shape index (κ3) is 3.06. The van der Waals surface area contributed by atoms with Crippen molar-refractivity contribution in [2.24, 2.45) is 0 Å². The number of fused-ring (bicyclic) bond motifs is 1. The third-order valence-electron chi connectivity index (χ3n) is 5.49. The summed E-state index contributed by atoms with van der Waals surface area (Å²) in [7, 11) is 0. The topological polar surface area (TPSA) is 108 Å². The van der Waals surface area contributed by atoms with Crippen LogP contribution in [0.1, 0.15) is 52.0 Å². The molecule has 0 saturated heterocycles. The van der Waals surface area contributed by atoms with E-state index in [1.807, 2.05) is 13.8 Å². The van der Waals surface area contributed by atoms with Crippen molar-refractivity contribution >= 4 is 22.5 Å². The van der Waals surface area contributed by atoms with Gasteiger partial charge in [0.05, 0.1) is 17.2 Å². The highest BCUT2D eigenvalue weighted by Gasteiger charge is 2.42. The Bertz CT molecular complexity index is 1050. The first-order chi connectivity index (χ1) is 13.5. The summed E-state index contributed by atoms with van der Waals surface area (Å²) in [6.07, 6.45) is 7.38. The van der Waals surface area contributed by atoms with E-state index in [9.17, 15) is 9.59 Å². The van der Waals surface area contributed by atoms with Gasteiger partial charge >= 0.3 is 0 Å². The minimum atomic E-state index is -0.802. The maximum Gasteiger partial charge on any atom is 0.261 e. The van der Waals surface area contributed by atoms with Crippen molar-refractivity contribution < 1.29 is 4.79 Å². The van der Waals surface area contributed by atoms with Gasteiger partial charge in [0, 0.05) is 11.7 Å². The van der Waals surface area contributed by atoms with Gasteiger partial charge in [-0.1, -0.05) is 19.3 Å². The summed E-state index contributed by atoms with van der Waals surface area (Å²) in [5.41, 5.74) is 0.247. The lowest BCUT2D eigenvalue weighted by atomic mass is 9.81. The molecule has 4 rings (SSSR count). The second-order valence-electron chi connectivity index (χ2n) is 7.58. The summed E-state index contributed by atoms with van der Waals surface area (Å²) >= 11 is 0. The molecule has 1 fully saturated rings. The van der Waals surface area contributed by atoms with Crippen LogP contribution in [0, 0.1) is 0 Å². The van der Waals surface area contributed by atoms with Crippen molar-refractivity contribution in [2.75, 3.05) is 5.32 Å². The van der Waals surface area contributed by atoms with E-state index in [1.54, 1.807) is 33.8 Å². The summed E-state index contributed by atoms with van der Waals surface area (Å²) in [6, 6.07) is 5.22. The summed E-state index contributed by atoms with van der Waals surface area (Å²) in [5, 5.41) is 14.9. The molecule has 3 aromatic rings. The predicted molar refractivity (Wildman–Crippen MR) is 104 cm³/mol. The van der Waals surface area contributed by atoms with Crippen LogP contribution in [-0.4, -0.2) is 35.7 Å². The molecule has 1 amide bonds. The van der Waals surface area contributed by atoms with E-state index < -0.39 is 5.54 Å². The van der Waals surface area contributed by atoms with Crippen molar-refractivity contribution in [3.63, 3.8) is 0 Å². The lowest BCUT2D eigenvalue weighted by Crippen LogP contribution is -2.47. The first-order valence-electron chi connectivity index (χ1n) is 9.57. The second-order valence-corrected chi connectivity index (χ2v) is 7.58. The largest absolute Gasteiger partial charge is 0.324 e. The van der Waals surface area contributed by atoms with Gasteiger partial charge in [-0.3, -0.25) is 14.2 Å². The van der Waals surface area contributed by atoms with Crippen molar-refractivity contribution in [1.82, 2.24) is 29.8 Å². The molecule has 146 valence electrons. The summed E-state index contributed by atoms with van der Waals surface area (Å²) < 4.78 is 3.15. The number of nitrogens with zero attached hydrogens (tertiary/aromatic N) is 6. The van der Waals surface area contributed by atoms with E-state index in [0.717, 1.165) is 19.3 Å². The Morgan fingerprint density at radius 1 is 1.18 bits per heavy atom. The van der Waals surface area contributed by atoms with Crippen molar-refractivity contribution in [1.29, 1.82) is 0 Å². The van der Waals surface area contributed by atoms with Crippen LogP contribution >= 0.6 is 0 Å². The van der Waals surface area contributed by atoms with E-state index in [1.165, 1.54) is 6.33 Å². The molecule has 0 atom stereocenters. The van der Waals surface area contributed by atoms with Crippen LogP contribution in [0.3, 0.4) is 0 Å². The second kappa shape index (κ2) is 7.14. The average Bonchev–Trinajstić information content (AvgIpc) is 3.24. The standard InChI is InChI=1S/C19H23N7O2/c1-13(2)25-11-20-16-7-6-14(10-15(16)17(25)27)22-18(28)19(8-4-3-5-9-19)26-12-21-23-24-26/h6-7,10-13H,3-5,8-9H2,1-2H3,(H,22,28). The van der Waals surface area contributed by atoms with Crippen molar-refractivity contribution in [3.05, 3.63) is 41.2 Å². The van der Waals surface area contributed by atoms with Crippen LogP contribution in [0.5, 0.6) is 0 Å². The van der Waals surface area contributed by atoms with Gasteiger partial charge in [-0.25, -0.2) is 9.67 Å². The number of benzene rings is 1. The van der Waals surface area contributed by atoms with Gasteiger partial charge in [-0.2, -0.15) is 0 Å². The quantitative estimate of drug-likeness (QED) is 0.743. The highest BCUT2D eigenvalue weighted by Crippen LogP contribution is 2.35. The Morgan fingerprint density at radius 3 is 2.64 bits per heavy atom. The molecule has 0 spiro atoms. The monoisotopic (exact) mass is 381 g/mol. The smallest absolute Gasteiger partial charge is 0.261 e. The lowest BCUT2D eigenvalue weighted by molar-refractivity contribution is -0.126.